The van der Waals surface area contributed by atoms with Crippen LogP contribution in [0, 0.1) is 6.92 Å². The van der Waals surface area contributed by atoms with Crippen molar-refractivity contribution in [1.29, 1.82) is 0 Å². The first kappa shape index (κ1) is 27.2. The Morgan fingerprint density at radius 2 is 1.87 bits per heavy atom. The molecule has 5 rings (SSSR count). The van der Waals surface area contributed by atoms with Crippen LogP contribution in [0.3, 0.4) is 0 Å². The minimum atomic E-state index is -1.14. The number of aliphatic hydroxyl groups is 1. The number of hydrogen-bond acceptors (Lipinski definition) is 6. The van der Waals surface area contributed by atoms with Crippen LogP contribution in [0.1, 0.15) is 61.4 Å². The molecule has 7 N–H and O–H groups in total. The Hall–Kier alpha value is -3.36. The lowest BCUT2D eigenvalue weighted by Crippen LogP contribution is -2.71. The number of para-hydroxylation sites is 1. The molecule has 2 aromatic carbocycles. The van der Waals surface area contributed by atoms with Crippen LogP contribution < -0.4 is 11.5 Å². The number of piperidine rings is 1. The minimum Gasteiger partial charge on any atom is -0.504 e. The van der Waals surface area contributed by atoms with Gasteiger partial charge in [-0.05, 0) is 81.9 Å². The van der Waals surface area contributed by atoms with Gasteiger partial charge in [0.2, 0.25) is 0 Å². The summed E-state index contributed by atoms with van der Waals surface area (Å²) in [6.45, 7) is 6.33. The van der Waals surface area contributed by atoms with Crippen LogP contribution in [-0.4, -0.2) is 62.4 Å². The number of likely N-dealkylation sites (tertiary alicyclic amines) is 1. The lowest BCUT2D eigenvalue weighted by atomic mass is 9.53. The third kappa shape index (κ3) is 4.92. The summed E-state index contributed by atoms with van der Waals surface area (Å²) >= 11 is 0. The number of aliphatic imine (C=N–C) groups is 1. The van der Waals surface area contributed by atoms with Gasteiger partial charge in [-0.25, -0.2) is 0 Å². The van der Waals surface area contributed by atoms with Gasteiger partial charge in [-0.2, -0.15) is 0 Å². The van der Waals surface area contributed by atoms with Gasteiger partial charge in [-0.1, -0.05) is 37.1 Å². The number of guanidine groups is 1. The zero-order valence-corrected chi connectivity index (χ0v) is 23.0. The van der Waals surface area contributed by atoms with Crippen molar-refractivity contribution in [3.05, 3.63) is 64.8 Å². The molecule has 0 spiro atoms. The maximum atomic E-state index is 12.4. The van der Waals surface area contributed by atoms with E-state index in [0.717, 1.165) is 66.5 Å². The van der Waals surface area contributed by atoms with Gasteiger partial charge in [-0.15, -0.1) is 0 Å². The van der Waals surface area contributed by atoms with E-state index in [2.05, 4.69) is 28.9 Å². The average molecular weight is 532 g/mol. The predicted octanol–water partition coefficient (Wildman–Crippen LogP) is 3.65. The smallest absolute Gasteiger partial charge is 0.185 e. The monoisotopic (exact) mass is 531 g/mol. The number of nitrogens with zero attached hydrogens (tertiary/aromatic N) is 3. The van der Waals surface area contributed by atoms with Gasteiger partial charge >= 0.3 is 0 Å². The second kappa shape index (κ2) is 10.7. The van der Waals surface area contributed by atoms with E-state index in [1.54, 1.807) is 6.07 Å². The molecule has 0 radical (unpaired) electrons. The van der Waals surface area contributed by atoms with Crippen LogP contribution in [0.15, 0.2) is 47.5 Å². The summed E-state index contributed by atoms with van der Waals surface area (Å²) in [6.07, 6.45) is 5.86. The van der Waals surface area contributed by atoms with E-state index in [9.17, 15) is 15.3 Å². The van der Waals surface area contributed by atoms with Crippen LogP contribution >= 0.6 is 0 Å². The molecule has 39 heavy (non-hydrogen) atoms. The molecule has 2 heterocycles. The van der Waals surface area contributed by atoms with Crippen molar-refractivity contribution >= 4 is 16.9 Å². The van der Waals surface area contributed by atoms with Crippen molar-refractivity contribution in [1.82, 2.24) is 9.88 Å². The Labute approximate surface area is 230 Å². The fourth-order valence-electron chi connectivity index (χ4n) is 7.00. The molecule has 1 aliphatic carbocycles. The number of aromatic hydroxyl groups is 2. The number of hydrogen-bond donors (Lipinski definition) is 5. The van der Waals surface area contributed by atoms with Crippen LogP contribution in [0.5, 0.6) is 11.5 Å². The van der Waals surface area contributed by atoms with Crippen LogP contribution in [0.4, 0.5) is 0 Å². The van der Waals surface area contributed by atoms with Gasteiger partial charge in [0.1, 0.15) is 0 Å². The molecule has 3 atom stereocenters. The summed E-state index contributed by atoms with van der Waals surface area (Å²) in [5.74, 6) is -0.118. The average Bonchev–Trinajstić information content (AvgIpc) is 2.88. The summed E-state index contributed by atoms with van der Waals surface area (Å²) in [5, 5.41) is 35.2. The Bertz CT molecular complexity index is 1380. The third-order valence-corrected chi connectivity index (χ3v) is 9.16. The molecule has 0 amide bonds. The second-order valence-corrected chi connectivity index (χ2v) is 11.5. The molecule has 8 heteroatoms. The first-order chi connectivity index (χ1) is 18.6. The highest BCUT2D eigenvalue weighted by Gasteiger charge is 2.61. The normalized spacial score (nSPS) is 24.4. The van der Waals surface area contributed by atoms with E-state index in [4.69, 9.17) is 16.5 Å². The molecule has 1 aliphatic heterocycles. The summed E-state index contributed by atoms with van der Waals surface area (Å²) in [4.78, 5) is 11.5. The molecule has 8 nitrogen and oxygen atoms in total. The quantitative estimate of drug-likeness (QED) is 0.123. The summed E-state index contributed by atoms with van der Waals surface area (Å²) in [7, 11) is 0. The predicted molar refractivity (Wildman–Crippen MR) is 155 cm³/mol. The fourth-order valence-corrected chi connectivity index (χ4v) is 7.00. The van der Waals surface area contributed by atoms with E-state index in [-0.39, 0.29) is 23.5 Å². The number of benzene rings is 2. The van der Waals surface area contributed by atoms with Gasteiger partial charge in [0.15, 0.2) is 17.5 Å². The zero-order valence-electron chi connectivity index (χ0n) is 23.0. The fraction of sp³-hybridized carbons (Fsp3) is 0.484. The molecule has 3 unspecified atom stereocenters. The van der Waals surface area contributed by atoms with E-state index in [1.165, 1.54) is 0 Å². The largest absolute Gasteiger partial charge is 0.504 e. The zero-order chi connectivity index (χ0) is 27.8. The summed E-state index contributed by atoms with van der Waals surface area (Å²) in [5.41, 5.74) is 13.5. The number of phenolic OH excluding ortho intramolecular Hbond substituents is 2. The SMILES string of the molecule is Cc1cc2ccccc2nc1CC12CCN(CCCCCCN=C(N)N)C(Cc3ccc(O)c(O)c31)C2(C)O. The van der Waals surface area contributed by atoms with Crippen molar-refractivity contribution in [2.75, 3.05) is 19.6 Å². The van der Waals surface area contributed by atoms with E-state index >= 15 is 0 Å². The Morgan fingerprint density at radius 1 is 1.10 bits per heavy atom. The highest BCUT2D eigenvalue weighted by molar-refractivity contribution is 5.79. The standard InChI is InChI=1S/C31H41N5O3/c1-20-17-21-9-5-6-10-23(21)35-24(20)19-31-13-16-36(15-8-4-3-7-14-34-29(32)33)26(30(31,2)39)18-22-11-12-25(37)28(38)27(22)31/h5-6,9-12,17,26,37-39H,3-4,7-8,13-16,18-19H2,1-2H3,(H4,32,33,34). The summed E-state index contributed by atoms with van der Waals surface area (Å²) < 4.78 is 0. The number of phenols is 2. The van der Waals surface area contributed by atoms with Crippen LogP contribution in [0.25, 0.3) is 10.9 Å². The first-order valence-corrected chi connectivity index (χ1v) is 14.1. The van der Waals surface area contributed by atoms with Crippen LogP contribution in [-0.2, 0) is 18.3 Å². The Morgan fingerprint density at radius 3 is 2.67 bits per heavy atom. The van der Waals surface area contributed by atoms with E-state index in [0.29, 0.717) is 31.4 Å². The number of nitrogens with two attached hydrogens (primary N) is 2. The van der Waals surface area contributed by atoms with Crippen molar-refractivity contribution in [2.45, 2.75) is 75.9 Å². The Balaban J connectivity index is 1.45. The number of unbranched alkanes of at least 4 members (excludes halogenated alkanes) is 3. The molecule has 2 aliphatic rings. The molecule has 208 valence electrons. The van der Waals surface area contributed by atoms with Crippen molar-refractivity contribution < 1.29 is 15.3 Å². The van der Waals surface area contributed by atoms with Gasteiger partial charge < -0.3 is 26.8 Å². The molecule has 0 saturated carbocycles. The van der Waals surface area contributed by atoms with E-state index in [1.807, 2.05) is 31.2 Å². The maximum absolute atomic E-state index is 12.4. The maximum Gasteiger partial charge on any atom is 0.185 e. The number of rotatable bonds is 9. The van der Waals surface area contributed by atoms with Crippen molar-refractivity contribution in [3.8, 4) is 11.5 Å². The number of fused-ring (bicyclic) bond motifs is 5. The van der Waals surface area contributed by atoms with Crippen LogP contribution in [0.2, 0.25) is 0 Å². The van der Waals surface area contributed by atoms with Gasteiger partial charge in [-0.3, -0.25) is 14.9 Å². The molecular formula is C31H41N5O3. The summed E-state index contributed by atoms with van der Waals surface area (Å²) in [6, 6.07) is 13.6. The van der Waals surface area contributed by atoms with Gasteiger partial charge in [0, 0.05) is 41.1 Å². The lowest BCUT2D eigenvalue weighted by Gasteiger charge is -2.60. The first-order valence-electron chi connectivity index (χ1n) is 14.1. The number of aryl methyl sites for hydroxylation is 1. The molecule has 1 saturated heterocycles. The Kier molecular flexibility index (Phi) is 7.44. The minimum absolute atomic E-state index is 0.106. The number of pyridine rings is 1. The van der Waals surface area contributed by atoms with Crippen molar-refractivity contribution in [3.63, 3.8) is 0 Å². The third-order valence-electron chi connectivity index (χ3n) is 9.16. The highest BCUT2D eigenvalue weighted by Crippen LogP contribution is 2.57. The van der Waals surface area contributed by atoms with Crippen molar-refractivity contribution in [2.24, 2.45) is 16.5 Å². The van der Waals surface area contributed by atoms with Gasteiger partial charge in [0.05, 0.1) is 11.1 Å². The van der Waals surface area contributed by atoms with E-state index < -0.39 is 11.0 Å². The number of aromatic nitrogens is 1. The lowest BCUT2D eigenvalue weighted by molar-refractivity contribution is -0.135. The van der Waals surface area contributed by atoms with Gasteiger partial charge in [0.25, 0.3) is 0 Å². The second-order valence-electron chi connectivity index (χ2n) is 11.5. The molecule has 3 aromatic rings. The molecule has 1 aromatic heterocycles. The topological polar surface area (TPSA) is 141 Å². The molecule has 2 bridgehead atoms. The highest BCUT2D eigenvalue weighted by atomic mass is 16.3. The molecular weight excluding hydrogens is 490 g/mol. The molecule has 1 fully saturated rings.